The monoisotopic (exact) mass is 331 g/mol. The van der Waals surface area contributed by atoms with Gasteiger partial charge in [0.05, 0.1) is 0 Å². The van der Waals surface area contributed by atoms with E-state index < -0.39 is 23.7 Å². The first kappa shape index (κ1) is 16.6. The van der Waals surface area contributed by atoms with E-state index in [-0.39, 0.29) is 12.2 Å². The molecular weight excluding hydrogens is 319 g/mol. The molecule has 0 atom stereocenters. The van der Waals surface area contributed by atoms with Gasteiger partial charge in [-0.1, -0.05) is 5.16 Å². The Bertz CT molecular complexity index is 725. The van der Waals surface area contributed by atoms with Crippen LogP contribution in [0.25, 0.3) is 0 Å². The van der Waals surface area contributed by atoms with Gasteiger partial charge in [0.25, 0.3) is 5.91 Å². The second-order valence-corrected chi connectivity index (χ2v) is 4.52. The van der Waals surface area contributed by atoms with Crippen LogP contribution in [0.2, 0.25) is 0 Å². The molecular formula is C12H12F3N5O3. The molecule has 1 amide bonds. The number of aromatic amines is 1. The second kappa shape index (κ2) is 7.03. The Kier molecular flexibility index (Phi) is 5.09. The van der Waals surface area contributed by atoms with Crippen LogP contribution in [0, 0.1) is 0 Å². The number of halogens is 3. The van der Waals surface area contributed by atoms with Crippen LogP contribution in [0.3, 0.4) is 0 Å². The van der Waals surface area contributed by atoms with E-state index in [1.165, 1.54) is 0 Å². The van der Waals surface area contributed by atoms with E-state index in [9.17, 15) is 22.8 Å². The van der Waals surface area contributed by atoms with Crippen molar-refractivity contribution in [2.45, 2.75) is 25.4 Å². The Hall–Kier alpha value is -2.72. The van der Waals surface area contributed by atoms with E-state index in [1.54, 1.807) is 0 Å². The first-order chi connectivity index (χ1) is 10.9. The van der Waals surface area contributed by atoms with Crippen molar-refractivity contribution < 1.29 is 22.5 Å². The average molecular weight is 331 g/mol. The first-order valence-corrected chi connectivity index (χ1v) is 6.59. The average Bonchev–Trinajstić information content (AvgIpc) is 2.91. The summed E-state index contributed by atoms with van der Waals surface area (Å²) in [5, 5.41) is 5.93. The third-order valence-corrected chi connectivity index (χ3v) is 2.75. The number of unbranched alkanes of at least 4 members (excludes halogenated alkanes) is 1. The number of H-pyrrole nitrogens is 1. The maximum atomic E-state index is 12.5. The minimum absolute atomic E-state index is 0.242. The lowest BCUT2D eigenvalue weighted by molar-refractivity contribution is -0.145. The molecule has 8 nitrogen and oxygen atoms in total. The SMILES string of the molecule is O=C(NCCCCc1noc(=O)[nH]1)c1ccnc(C(F)(F)F)n1. The predicted octanol–water partition coefficient (Wildman–Crippen LogP) is 0.924. The maximum Gasteiger partial charge on any atom is 0.451 e. The highest BCUT2D eigenvalue weighted by molar-refractivity contribution is 5.92. The molecule has 23 heavy (non-hydrogen) atoms. The number of hydrogen-bond acceptors (Lipinski definition) is 6. The fourth-order valence-corrected chi connectivity index (χ4v) is 1.70. The number of alkyl halides is 3. The fourth-order valence-electron chi connectivity index (χ4n) is 1.70. The number of nitrogens with zero attached hydrogens (tertiary/aromatic N) is 3. The lowest BCUT2D eigenvalue weighted by atomic mass is 10.2. The molecule has 0 saturated heterocycles. The van der Waals surface area contributed by atoms with Crippen molar-refractivity contribution in [3.8, 4) is 0 Å². The number of carbonyl (C=O) groups excluding carboxylic acids is 1. The van der Waals surface area contributed by atoms with Gasteiger partial charge in [0, 0.05) is 19.2 Å². The standard InChI is InChI=1S/C12H12F3N5O3/c13-12(14,15)10-17-6-4-7(18-10)9(21)16-5-2-1-3-8-19-11(22)23-20-8/h4,6H,1-3,5H2,(H,16,21)(H,19,20,22). The van der Waals surface area contributed by atoms with Crippen LogP contribution in [-0.2, 0) is 12.6 Å². The molecule has 0 bridgehead atoms. The van der Waals surface area contributed by atoms with Gasteiger partial charge in [-0.05, 0) is 18.9 Å². The summed E-state index contributed by atoms with van der Waals surface area (Å²) in [5.74, 6) is -2.32. The van der Waals surface area contributed by atoms with E-state index in [0.717, 1.165) is 12.3 Å². The number of aryl methyl sites for hydroxylation is 1. The van der Waals surface area contributed by atoms with Gasteiger partial charge in [-0.3, -0.25) is 14.3 Å². The van der Waals surface area contributed by atoms with E-state index in [1.807, 2.05) is 0 Å². The minimum atomic E-state index is -4.70. The molecule has 2 aromatic rings. The molecule has 2 heterocycles. The summed E-state index contributed by atoms with van der Waals surface area (Å²) in [7, 11) is 0. The minimum Gasteiger partial charge on any atom is -0.351 e. The van der Waals surface area contributed by atoms with E-state index in [4.69, 9.17) is 0 Å². The molecule has 0 aromatic carbocycles. The van der Waals surface area contributed by atoms with Crippen molar-refractivity contribution in [2.24, 2.45) is 0 Å². The molecule has 2 rings (SSSR count). The van der Waals surface area contributed by atoms with E-state index >= 15 is 0 Å². The van der Waals surface area contributed by atoms with Crippen LogP contribution >= 0.6 is 0 Å². The van der Waals surface area contributed by atoms with Crippen molar-refractivity contribution in [1.82, 2.24) is 25.4 Å². The van der Waals surface area contributed by atoms with Crippen molar-refractivity contribution in [3.63, 3.8) is 0 Å². The highest BCUT2D eigenvalue weighted by Gasteiger charge is 2.35. The number of hydrogen-bond donors (Lipinski definition) is 2. The summed E-state index contributed by atoms with van der Waals surface area (Å²) in [4.78, 5) is 31.0. The number of carbonyl (C=O) groups is 1. The topological polar surface area (TPSA) is 114 Å². The zero-order chi connectivity index (χ0) is 16.9. The summed E-state index contributed by atoms with van der Waals surface area (Å²) in [5.41, 5.74) is -0.354. The molecule has 0 aliphatic heterocycles. The van der Waals surface area contributed by atoms with Crippen LogP contribution in [0.4, 0.5) is 13.2 Å². The maximum absolute atomic E-state index is 12.5. The Labute approximate surface area is 127 Å². The van der Waals surface area contributed by atoms with Gasteiger partial charge >= 0.3 is 11.9 Å². The number of aromatic nitrogens is 4. The molecule has 0 unspecified atom stereocenters. The lowest BCUT2D eigenvalue weighted by Gasteiger charge is -2.07. The highest BCUT2D eigenvalue weighted by atomic mass is 19.4. The molecule has 11 heteroatoms. The van der Waals surface area contributed by atoms with Crippen LogP contribution < -0.4 is 11.1 Å². The molecule has 0 aliphatic carbocycles. The predicted molar refractivity (Wildman–Crippen MR) is 69.4 cm³/mol. The fraction of sp³-hybridized carbons (Fsp3) is 0.417. The summed E-state index contributed by atoms with van der Waals surface area (Å²) < 4.78 is 41.7. The third kappa shape index (κ3) is 4.90. The van der Waals surface area contributed by atoms with E-state index in [2.05, 4.69) is 29.9 Å². The van der Waals surface area contributed by atoms with Gasteiger partial charge in [-0.15, -0.1) is 0 Å². The number of nitrogens with one attached hydrogen (secondary N) is 2. The quantitative estimate of drug-likeness (QED) is 0.761. The molecule has 2 aromatic heterocycles. The molecule has 0 aliphatic rings. The lowest BCUT2D eigenvalue weighted by Crippen LogP contribution is -2.26. The molecule has 124 valence electrons. The van der Waals surface area contributed by atoms with Crippen molar-refractivity contribution in [3.05, 3.63) is 40.2 Å². The van der Waals surface area contributed by atoms with E-state index in [0.29, 0.717) is 25.1 Å². The van der Waals surface area contributed by atoms with Crippen LogP contribution in [-0.4, -0.2) is 32.6 Å². The third-order valence-electron chi connectivity index (χ3n) is 2.75. The van der Waals surface area contributed by atoms with Gasteiger partial charge < -0.3 is 5.32 Å². The van der Waals surface area contributed by atoms with Gasteiger partial charge in [-0.2, -0.15) is 13.2 Å². The number of amides is 1. The molecule has 0 radical (unpaired) electrons. The largest absolute Gasteiger partial charge is 0.451 e. The summed E-state index contributed by atoms with van der Waals surface area (Å²) >= 11 is 0. The van der Waals surface area contributed by atoms with Crippen molar-refractivity contribution in [1.29, 1.82) is 0 Å². The van der Waals surface area contributed by atoms with Crippen molar-refractivity contribution >= 4 is 5.91 Å². The molecule has 2 N–H and O–H groups in total. The normalized spacial score (nSPS) is 11.4. The first-order valence-electron chi connectivity index (χ1n) is 6.59. The van der Waals surface area contributed by atoms with Gasteiger partial charge in [0.1, 0.15) is 5.69 Å². The molecule has 0 spiro atoms. The zero-order valence-electron chi connectivity index (χ0n) is 11.7. The van der Waals surface area contributed by atoms with Gasteiger partial charge in [0.2, 0.25) is 5.82 Å². The van der Waals surface area contributed by atoms with Crippen LogP contribution in [0.15, 0.2) is 21.6 Å². The van der Waals surface area contributed by atoms with Crippen LogP contribution in [0.1, 0.15) is 35.0 Å². The molecule has 0 saturated carbocycles. The Morgan fingerprint density at radius 2 is 2.13 bits per heavy atom. The zero-order valence-corrected chi connectivity index (χ0v) is 11.7. The highest BCUT2D eigenvalue weighted by Crippen LogP contribution is 2.25. The Balaban J connectivity index is 1.77. The summed E-state index contributed by atoms with van der Waals surface area (Å²) in [6.07, 6.45) is -2.23. The Morgan fingerprint density at radius 1 is 1.35 bits per heavy atom. The molecule has 0 fully saturated rings. The van der Waals surface area contributed by atoms with Gasteiger partial charge in [-0.25, -0.2) is 14.8 Å². The second-order valence-electron chi connectivity index (χ2n) is 4.52. The van der Waals surface area contributed by atoms with Gasteiger partial charge in [0.15, 0.2) is 5.82 Å². The smallest absolute Gasteiger partial charge is 0.351 e. The summed E-state index contributed by atoms with van der Waals surface area (Å²) in [6.45, 7) is 0.242. The summed E-state index contributed by atoms with van der Waals surface area (Å²) in [6, 6.07) is 1.10. The number of rotatable bonds is 6. The Morgan fingerprint density at radius 3 is 2.78 bits per heavy atom. The van der Waals surface area contributed by atoms with Crippen LogP contribution in [0.5, 0.6) is 0 Å². The van der Waals surface area contributed by atoms with Crippen molar-refractivity contribution in [2.75, 3.05) is 6.54 Å².